The number of sulfonamides is 2. The maximum atomic E-state index is 13.8. The summed E-state index contributed by atoms with van der Waals surface area (Å²) in [6.45, 7) is 9.08. The molecule has 9 N–H and O–H groups in total. The smallest absolute Gasteiger partial charge is 0.325 e. The van der Waals surface area contributed by atoms with E-state index in [1.54, 1.807) is 108 Å². The fourth-order valence-corrected chi connectivity index (χ4v) is 11.4. The largest absolute Gasteiger partial charge is 0.496 e. The van der Waals surface area contributed by atoms with Crippen LogP contribution in [-0.2, 0) is 68.5 Å². The first kappa shape index (κ1) is 56.8. The third-order valence-electron chi connectivity index (χ3n) is 12.4. The average molecular weight is 1050 g/mol. The Hall–Kier alpha value is -7.08. The van der Waals surface area contributed by atoms with Crippen molar-refractivity contribution in [2.24, 2.45) is 16.5 Å². The number of esters is 1. The van der Waals surface area contributed by atoms with Gasteiger partial charge in [0.25, 0.3) is 10.0 Å². The summed E-state index contributed by atoms with van der Waals surface area (Å²) in [4.78, 5) is 73.0. The fraction of sp³-hybridized carbons (Fsp3) is 0.400. The van der Waals surface area contributed by atoms with Gasteiger partial charge in [-0.25, -0.2) is 26.3 Å². The molecular weight excluding hydrogens is 983 g/mol. The van der Waals surface area contributed by atoms with E-state index in [2.05, 4.69) is 30.4 Å². The number of aliphatic imine (C=N–C) groups is 1. The zero-order chi connectivity index (χ0) is 53.8. The highest BCUT2D eigenvalue weighted by atomic mass is 32.2. The van der Waals surface area contributed by atoms with E-state index in [-0.39, 0.29) is 55.4 Å². The molecule has 0 saturated carbocycles. The van der Waals surface area contributed by atoms with Crippen LogP contribution in [0.1, 0.15) is 69.3 Å². The van der Waals surface area contributed by atoms with Gasteiger partial charge in [0.15, 0.2) is 0 Å². The number of benzene rings is 4. The molecule has 5 rings (SSSR count). The zero-order valence-electron chi connectivity index (χ0n) is 42.2. The third-order valence-corrected chi connectivity index (χ3v) is 15.8. The molecule has 1 aliphatic heterocycles. The first-order chi connectivity index (χ1) is 34.5. The highest BCUT2D eigenvalue weighted by Gasteiger charge is 2.41. The molecule has 1 saturated heterocycles. The number of carbonyl (C=O) groups excluding carboxylic acids is 5. The predicted octanol–water partition coefficient (Wildman–Crippen LogP) is 2.00. The summed E-state index contributed by atoms with van der Waals surface area (Å²) < 4.78 is 74.8. The van der Waals surface area contributed by atoms with Gasteiger partial charge >= 0.3 is 5.97 Å². The quantitative estimate of drug-likeness (QED) is 0.0242. The van der Waals surface area contributed by atoms with Crippen molar-refractivity contribution in [3.05, 3.63) is 117 Å². The molecule has 21 nitrogen and oxygen atoms in total. The molecule has 73 heavy (non-hydrogen) atoms. The van der Waals surface area contributed by atoms with Gasteiger partial charge in [0, 0.05) is 26.2 Å². The van der Waals surface area contributed by atoms with Crippen LogP contribution in [0.25, 0.3) is 0 Å². The number of hydrogen-bond acceptors (Lipinski definition) is 14. The van der Waals surface area contributed by atoms with E-state index in [9.17, 15) is 40.8 Å². The summed E-state index contributed by atoms with van der Waals surface area (Å²) in [5.74, 6) is -2.88. The highest BCUT2D eigenvalue weighted by Crippen LogP contribution is 2.32. The maximum absolute atomic E-state index is 13.8. The number of nitrogens with one attached hydrogen (secondary N) is 5. The minimum absolute atomic E-state index is 0.0128. The standard InChI is InChI=1S/C50H65N9O12S2/c1-29-21-41(69-7)31(3)33(5)45(29)72(65,66)55-25-35-16-18-36(19-17-35)27-59-40(48(63)57-39(24-51)49(59)64)23-43(60)56-38(47(62)54-26-44(61)71-28-37-13-10-9-11-14-37)15-12-20-53-50(52)58-73(67,68)46-30(2)22-42(70-8)32(4)34(46)6/h9-11,13-14,16-19,21-22,38-40,55H,12,15,20,23-28,51H2,1-8H3,(H,54,62)(H,56,60)(H,57,63)(H3,52,53,58)/t38-,39+,40-/m0/s1. The number of carbonyl (C=O) groups is 5. The van der Waals surface area contributed by atoms with Crippen molar-refractivity contribution in [2.75, 3.05) is 33.9 Å². The van der Waals surface area contributed by atoms with Gasteiger partial charge in [-0.05, 0) is 117 Å². The lowest BCUT2D eigenvalue weighted by Gasteiger charge is -2.38. The number of amides is 4. The Labute approximate surface area is 426 Å². The van der Waals surface area contributed by atoms with Crippen molar-refractivity contribution in [3.63, 3.8) is 0 Å². The van der Waals surface area contributed by atoms with Crippen LogP contribution in [0.4, 0.5) is 0 Å². The minimum Gasteiger partial charge on any atom is -0.496 e. The summed E-state index contributed by atoms with van der Waals surface area (Å²) in [5, 5.41) is 7.65. The number of aryl methyl sites for hydroxylation is 2. The van der Waals surface area contributed by atoms with Crippen molar-refractivity contribution in [3.8, 4) is 11.5 Å². The molecule has 4 amide bonds. The lowest BCUT2D eigenvalue weighted by atomic mass is 10.0. The van der Waals surface area contributed by atoms with Gasteiger partial charge in [-0.15, -0.1) is 0 Å². The zero-order valence-corrected chi connectivity index (χ0v) is 43.8. The van der Waals surface area contributed by atoms with Crippen molar-refractivity contribution < 1.29 is 55.0 Å². The second kappa shape index (κ2) is 25.0. The molecule has 394 valence electrons. The third kappa shape index (κ3) is 14.5. The van der Waals surface area contributed by atoms with E-state index in [0.717, 1.165) is 5.56 Å². The van der Waals surface area contributed by atoms with Gasteiger partial charge in [0.05, 0.1) is 30.4 Å². The molecule has 0 radical (unpaired) electrons. The van der Waals surface area contributed by atoms with E-state index >= 15 is 0 Å². The SMILES string of the molecule is COc1cc(C)c(S(=O)(=O)NCc2ccc(CN3C(=O)[C@@H](CN)NC(=O)[C@@H]3CC(=O)N[C@@H](CCCN=C(N)NS(=O)(=O)c3c(C)cc(OC)c(C)c3C)C(=O)NCC(=O)OCc3ccccc3)cc2)c(C)c1C. The molecular formula is C50H65N9O12S2. The van der Waals surface area contributed by atoms with E-state index in [0.29, 0.717) is 56.0 Å². The van der Waals surface area contributed by atoms with Crippen LogP contribution in [-0.4, -0.2) is 109 Å². The van der Waals surface area contributed by atoms with Crippen molar-refractivity contribution >= 4 is 55.6 Å². The number of ether oxygens (including phenoxy) is 3. The molecule has 0 aliphatic carbocycles. The Bertz CT molecular complexity index is 2950. The molecule has 0 unspecified atom stereocenters. The molecule has 0 bridgehead atoms. The molecule has 1 fully saturated rings. The van der Waals surface area contributed by atoms with Crippen LogP contribution < -0.4 is 46.3 Å². The molecule has 23 heteroatoms. The summed E-state index contributed by atoms with van der Waals surface area (Å²) in [7, 11) is -5.12. The number of nitrogens with zero attached hydrogens (tertiary/aromatic N) is 2. The van der Waals surface area contributed by atoms with E-state index in [4.69, 9.17) is 25.7 Å². The van der Waals surface area contributed by atoms with Gasteiger partial charge in [0.1, 0.15) is 42.8 Å². The lowest BCUT2D eigenvalue weighted by molar-refractivity contribution is -0.151. The Morgan fingerprint density at radius 2 is 1.37 bits per heavy atom. The summed E-state index contributed by atoms with van der Waals surface area (Å²) >= 11 is 0. The summed E-state index contributed by atoms with van der Waals surface area (Å²) in [5.41, 5.74) is 17.0. The summed E-state index contributed by atoms with van der Waals surface area (Å²) in [6, 6.07) is 15.1. The lowest BCUT2D eigenvalue weighted by Crippen LogP contribution is -2.65. The second-order valence-corrected chi connectivity index (χ2v) is 20.9. The van der Waals surface area contributed by atoms with Gasteiger partial charge in [-0.3, -0.25) is 29.0 Å². The molecule has 4 aromatic rings. The number of nitrogens with two attached hydrogens (primary N) is 2. The molecule has 1 heterocycles. The van der Waals surface area contributed by atoms with Crippen LogP contribution in [0.2, 0.25) is 0 Å². The molecule has 4 aromatic carbocycles. The number of hydrogen-bond donors (Lipinski definition) is 7. The van der Waals surface area contributed by atoms with Gasteiger partial charge in [-0.2, -0.15) is 0 Å². The van der Waals surface area contributed by atoms with Crippen molar-refractivity contribution in [2.45, 2.75) is 108 Å². The van der Waals surface area contributed by atoms with Crippen LogP contribution in [0, 0.1) is 41.5 Å². The maximum Gasteiger partial charge on any atom is 0.325 e. The Morgan fingerprint density at radius 1 is 0.795 bits per heavy atom. The number of piperazine rings is 1. The second-order valence-electron chi connectivity index (χ2n) is 17.6. The Balaban J connectivity index is 1.28. The predicted molar refractivity (Wildman–Crippen MR) is 272 cm³/mol. The summed E-state index contributed by atoms with van der Waals surface area (Å²) in [6.07, 6.45) is -0.604. The van der Waals surface area contributed by atoms with Crippen LogP contribution >= 0.6 is 0 Å². The van der Waals surface area contributed by atoms with Gasteiger partial charge in [0.2, 0.25) is 39.6 Å². The van der Waals surface area contributed by atoms with Gasteiger partial charge in [-0.1, -0.05) is 54.6 Å². The Kier molecular flexibility index (Phi) is 19.5. The molecule has 0 spiro atoms. The molecule has 3 atom stereocenters. The van der Waals surface area contributed by atoms with Gasteiger partial charge < -0.3 is 46.5 Å². The molecule has 0 aromatic heterocycles. The van der Waals surface area contributed by atoms with Crippen molar-refractivity contribution in [1.29, 1.82) is 0 Å². The monoisotopic (exact) mass is 1050 g/mol. The van der Waals surface area contributed by atoms with Crippen LogP contribution in [0.15, 0.2) is 81.5 Å². The topological polar surface area (TPSA) is 309 Å². The number of guanidine groups is 1. The average Bonchev–Trinajstić information content (AvgIpc) is 3.35. The van der Waals surface area contributed by atoms with Crippen LogP contribution in [0.5, 0.6) is 11.5 Å². The number of methoxy groups -OCH3 is 2. The van der Waals surface area contributed by atoms with E-state index in [1.165, 1.54) is 19.1 Å². The Morgan fingerprint density at radius 3 is 1.95 bits per heavy atom. The first-order valence-electron chi connectivity index (χ1n) is 23.3. The van der Waals surface area contributed by atoms with Crippen LogP contribution in [0.3, 0.4) is 0 Å². The fourth-order valence-electron chi connectivity index (χ4n) is 8.36. The first-order valence-corrected chi connectivity index (χ1v) is 26.3. The van der Waals surface area contributed by atoms with E-state index in [1.807, 2.05) is 0 Å². The normalized spacial score (nSPS) is 15.5. The highest BCUT2D eigenvalue weighted by molar-refractivity contribution is 7.90. The van der Waals surface area contributed by atoms with Crippen molar-refractivity contribution in [1.82, 2.24) is 30.3 Å². The molecule has 1 aliphatic rings. The minimum atomic E-state index is -4.18. The van der Waals surface area contributed by atoms with E-state index < -0.39 is 86.7 Å². The number of rotatable bonds is 23.